The molecule has 3 N–H and O–H groups in total. The van der Waals surface area contributed by atoms with Crippen LogP contribution in [0.2, 0.25) is 0 Å². The molecule has 1 saturated heterocycles. The number of nitrogens with one attached hydrogen (secondary N) is 1. The molecule has 0 radical (unpaired) electrons. The molecule has 1 saturated carbocycles. The number of halogens is 1. The molecule has 2 aliphatic rings. The minimum atomic E-state index is 0. The van der Waals surface area contributed by atoms with Crippen molar-refractivity contribution in [2.24, 2.45) is 10.7 Å². The predicted molar refractivity (Wildman–Crippen MR) is 96.8 cm³/mol. The Bertz CT molecular complexity index is 269. The van der Waals surface area contributed by atoms with E-state index in [0.717, 1.165) is 13.1 Å². The topological polar surface area (TPSA) is 53.6 Å². The van der Waals surface area contributed by atoms with Crippen molar-refractivity contribution < 1.29 is 0 Å². The van der Waals surface area contributed by atoms with E-state index in [1.807, 2.05) is 0 Å². The second kappa shape index (κ2) is 10.7. The standard InChI is InChI=1S/C15H30N4.HI/c16-15(18-14-8-4-1-2-5-9-14)17-10-13-19-11-6-3-7-12-19;/h14H,1-13H2,(H3,16,17,18);1H. The van der Waals surface area contributed by atoms with E-state index >= 15 is 0 Å². The SMILES string of the molecule is I.NC(=NCCN1CCCCC1)NC1CCCCCC1. The Morgan fingerprint density at radius 1 is 1.00 bits per heavy atom. The van der Waals surface area contributed by atoms with Gasteiger partial charge >= 0.3 is 0 Å². The van der Waals surface area contributed by atoms with Crippen molar-refractivity contribution >= 4 is 29.9 Å². The first kappa shape index (κ1) is 18.0. The smallest absolute Gasteiger partial charge is 0.188 e. The summed E-state index contributed by atoms with van der Waals surface area (Å²) in [5.41, 5.74) is 5.99. The van der Waals surface area contributed by atoms with Crippen molar-refractivity contribution in [3.8, 4) is 0 Å². The first-order valence-electron chi connectivity index (χ1n) is 8.13. The van der Waals surface area contributed by atoms with E-state index in [9.17, 15) is 0 Å². The molecule has 0 aromatic rings. The van der Waals surface area contributed by atoms with E-state index in [-0.39, 0.29) is 24.0 Å². The zero-order valence-electron chi connectivity index (χ0n) is 12.6. The van der Waals surface area contributed by atoms with Crippen LogP contribution in [0.15, 0.2) is 4.99 Å². The largest absolute Gasteiger partial charge is 0.370 e. The highest BCUT2D eigenvalue weighted by molar-refractivity contribution is 14.0. The van der Waals surface area contributed by atoms with Gasteiger partial charge in [-0.1, -0.05) is 32.1 Å². The summed E-state index contributed by atoms with van der Waals surface area (Å²) in [6.45, 7) is 4.38. The van der Waals surface area contributed by atoms with Crippen LogP contribution in [-0.2, 0) is 0 Å². The Labute approximate surface area is 141 Å². The first-order valence-corrected chi connectivity index (χ1v) is 8.13. The van der Waals surface area contributed by atoms with Gasteiger partial charge in [0.15, 0.2) is 5.96 Å². The monoisotopic (exact) mass is 394 g/mol. The summed E-state index contributed by atoms with van der Waals surface area (Å²) in [7, 11) is 0. The fourth-order valence-corrected chi connectivity index (χ4v) is 3.17. The van der Waals surface area contributed by atoms with E-state index in [1.165, 1.54) is 70.9 Å². The third kappa shape index (κ3) is 7.11. The number of guanidine groups is 1. The lowest BCUT2D eigenvalue weighted by Crippen LogP contribution is -2.40. The molecule has 0 amide bonds. The van der Waals surface area contributed by atoms with Crippen LogP contribution in [0.3, 0.4) is 0 Å². The number of hydrogen-bond donors (Lipinski definition) is 2. The van der Waals surface area contributed by atoms with Gasteiger partial charge < -0.3 is 16.0 Å². The third-order valence-electron chi connectivity index (χ3n) is 4.35. The van der Waals surface area contributed by atoms with Gasteiger partial charge in [-0.25, -0.2) is 0 Å². The van der Waals surface area contributed by atoms with Crippen molar-refractivity contribution in [2.45, 2.75) is 63.8 Å². The Morgan fingerprint density at radius 2 is 1.60 bits per heavy atom. The van der Waals surface area contributed by atoms with Crippen LogP contribution in [0, 0.1) is 0 Å². The maximum atomic E-state index is 5.99. The highest BCUT2D eigenvalue weighted by Crippen LogP contribution is 2.16. The average molecular weight is 394 g/mol. The zero-order valence-corrected chi connectivity index (χ0v) is 15.0. The molecule has 1 heterocycles. The summed E-state index contributed by atoms with van der Waals surface area (Å²) in [6, 6.07) is 0.557. The summed E-state index contributed by atoms with van der Waals surface area (Å²) in [4.78, 5) is 6.99. The lowest BCUT2D eigenvalue weighted by Gasteiger charge is -2.25. The maximum Gasteiger partial charge on any atom is 0.188 e. The van der Waals surface area contributed by atoms with E-state index in [4.69, 9.17) is 5.73 Å². The fourth-order valence-electron chi connectivity index (χ4n) is 3.17. The molecule has 118 valence electrons. The molecule has 0 aromatic carbocycles. The number of nitrogens with zero attached hydrogens (tertiary/aromatic N) is 2. The Kier molecular flexibility index (Phi) is 9.59. The number of nitrogens with two attached hydrogens (primary N) is 1. The van der Waals surface area contributed by atoms with Crippen molar-refractivity contribution in [1.82, 2.24) is 10.2 Å². The normalized spacial score (nSPS) is 22.9. The molecule has 5 heteroatoms. The van der Waals surface area contributed by atoms with Gasteiger partial charge in [-0.3, -0.25) is 4.99 Å². The van der Waals surface area contributed by atoms with Crippen LogP contribution in [0.4, 0.5) is 0 Å². The molecule has 0 spiro atoms. The minimum absolute atomic E-state index is 0. The van der Waals surface area contributed by atoms with Crippen molar-refractivity contribution in [3.05, 3.63) is 0 Å². The lowest BCUT2D eigenvalue weighted by atomic mass is 10.1. The molecule has 2 rings (SSSR count). The molecule has 2 fully saturated rings. The maximum absolute atomic E-state index is 5.99. The van der Waals surface area contributed by atoms with Crippen LogP contribution < -0.4 is 11.1 Å². The van der Waals surface area contributed by atoms with E-state index in [2.05, 4.69) is 15.2 Å². The average Bonchev–Trinajstić information content (AvgIpc) is 2.68. The second-order valence-electron chi connectivity index (χ2n) is 6.00. The van der Waals surface area contributed by atoms with Crippen molar-refractivity contribution in [2.75, 3.05) is 26.2 Å². The van der Waals surface area contributed by atoms with E-state index < -0.39 is 0 Å². The van der Waals surface area contributed by atoms with Gasteiger partial charge in [-0.05, 0) is 38.8 Å². The molecule has 20 heavy (non-hydrogen) atoms. The Balaban J connectivity index is 0.00000200. The molecule has 0 atom stereocenters. The fraction of sp³-hybridized carbons (Fsp3) is 0.933. The highest BCUT2D eigenvalue weighted by Gasteiger charge is 2.12. The molecule has 1 aliphatic heterocycles. The number of rotatable bonds is 4. The minimum Gasteiger partial charge on any atom is -0.370 e. The van der Waals surface area contributed by atoms with Gasteiger partial charge in [0.25, 0.3) is 0 Å². The van der Waals surface area contributed by atoms with Crippen LogP contribution in [-0.4, -0.2) is 43.1 Å². The Hall–Kier alpha value is -0.0400. The van der Waals surface area contributed by atoms with Gasteiger partial charge in [-0.15, -0.1) is 24.0 Å². The summed E-state index contributed by atoms with van der Waals surface area (Å²) < 4.78 is 0. The van der Waals surface area contributed by atoms with Gasteiger partial charge in [0.05, 0.1) is 6.54 Å². The van der Waals surface area contributed by atoms with Crippen LogP contribution in [0.1, 0.15) is 57.8 Å². The first-order chi connectivity index (χ1) is 9.34. The summed E-state index contributed by atoms with van der Waals surface area (Å²) in [5, 5.41) is 3.41. The van der Waals surface area contributed by atoms with Gasteiger partial charge in [0.1, 0.15) is 0 Å². The molecule has 0 aromatic heterocycles. The Morgan fingerprint density at radius 3 is 2.25 bits per heavy atom. The van der Waals surface area contributed by atoms with Gasteiger partial charge in [0.2, 0.25) is 0 Å². The van der Waals surface area contributed by atoms with Gasteiger partial charge in [0, 0.05) is 12.6 Å². The number of likely N-dealkylation sites (tertiary alicyclic amines) is 1. The zero-order chi connectivity index (χ0) is 13.3. The highest BCUT2D eigenvalue weighted by atomic mass is 127. The molecule has 0 bridgehead atoms. The number of hydrogen-bond acceptors (Lipinski definition) is 2. The molecule has 0 unspecified atom stereocenters. The molecular formula is C15H31IN4. The van der Waals surface area contributed by atoms with E-state index in [0.29, 0.717) is 12.0 Å². The summed E-state index contributed by atoms with van der Waals surface area (Å²) in [6.07, 6.45) is 12.0. The summed E-state index contributed by atoms with van der Waals surface area (Å²) >= 11 is 0. The third-order valence-corrected chi connectivity index (χ3v) is 4.35. The van der Waals surface area contributed by atoms with E-state index in [1.54, 1.807) is 0 Å². The van der Waals surface area contributed by atoms with Crippen LogP contribution in [0.5, 0.6) is 0 Å². The van der Waals surface area contributed by atoms with Crippen LogP contribution >= 0.6 is 24.0 Å². The van der Waals surface area contributed by atoms with Crippen molar-refractivity contribution in [1.29, 1.82) is 0 Å². The van der Waals surface area contributed by atoms with Gasteiger partial charge in [-0.2, -0.15) is 0 Å². The quantitative estimate of drug-likeness (QED) is 0.334. The lowest BCUT2D eigenvalue weighted by molar-refractivity contribution is 0.235. The molecule has 1 aliphatic carbocycles. The number of piperidine rings is 1. The summed E-state index contributed by atoms with van der Waals surface area (Å²) in [5.74, 6) is 0.656. The molecular weight excluding hydrogens is 363 g/mol. The second-order valence-corrected chi connectivity index (χ2v) is 6.00. The van der Waals surface area contributed by atoms with Crippen molar-refractivity contribution in [3.63, 3.8) is 0 Å². The molecule has 4 nitrogen and oxygen atoms in total. The van der Waals surface area contributed by atoms with Crippen LogP contribution in [0.25, 0.3) is 0 Å². The predicted octanol–water partition coefficient (Wildman–Crippen LogP) is 2.72. The number of aliphatic imine (C=N–C) groups is 1.